The SMILES string of the molecule is COc1ccc(OCCNc2ccc(NC(=O)c3cccc(C)c3)nn2)cc1. The molecule has 0 atom stereocenters. The number of anilines is 2. The van der Waals surface area contributed by atoms with Gasteiger partial charge in [-0.05, 0) is 55.5 Å². The molecule has 0 saturated heterocycles. The third kappa shape index (κ3) is 5.44. The molecular formula is C21H22N4O3. The van der Waals surface area contributed by atoms with Crippen molar-refractivity contribution >= 4 is 17.5 Å². The monoisotopic (exact) mass is 378 g/mol. The summed E-state index contributed by atoms with van der Waals surface area (Å²) in [5.41, 5.74) is 1.61. The van der Waals surface area contributed by atoms with Gasteiger partial charge in [0.15, 0.2) is 5.82 Å². The number of carbonyl (C=O) groups excluding carboxylic acids is 1. The van der Waals surface area contributed by atoms with Crippen molar-refractivity contribution in [3.63, 3.8) is 0 Å². The molecule has 7 heteroatoms. The number of nitrogens with zero attached hydrogens (tertiary/aromatic N) is 2. The maximum Gasteiger partial charge on any atom is 0.256 e. The van der Waals surface area contributed by atoms with Crippen LogP contribution >= 0.6 is 0 Å². The average molecular weight is 378 g/mol. The molecule has 3 aromatic rings. The van der Waals surface area contributed by atoms with Gasteiger partial charge in [-0.15, -0.1) is 10.2 Å². The van der Waals surface area contributed by atoms with E-state index in [0.29, 0.717) is 30.4 Å². The highest BCUT2D eigenvalue weighted by Gasteiger charge is 2.07. The Morgan fingerprint density at radius 3 is 2.36 bits per heavy atom. The van der Waals surface area contributed by atoms with Crippen LogP contribution < -0.4 is 20.1 Å². The van der Waals surface area contributed by atoms with Crippen LogP contribution in [0.25, 0.3) is 0 Å². The number of rotatable bonds is 8. The molecule has 2 aromatic carbocycles. The highest BCUT2D eigenvalue weighted by atomic mass is 16.5. The topological polar surface area (TPSA) is 85.4 Å². The van der Waals surface area contributed by atoms with Crippen LogP contribution in [0.1, 0.15) is 15.9 Å². The Bertz CT molecular complexity index is 912. The van der Waals surface area contributed by atoms with E-state index in [1.807, 2.05) is 49.4 Å². The Morgan fingerprint density at radius 2 is 1.68 bits per heavy atom. The lowest BCUT2D eigenvalue weighted by molar-refractivity contribution is 0.102. The van der Waals surface area contributed by atoms with Gasteiger partial charge in [0.2, 0.25) is 0 Å². The fourth-order valence-electron chi connectivity index (χ4n) is 2.49. The summed E-state index contributed by atoms with van der Waals surface area (Å²) in [6.07, 6.45) is 0. The fourth-order valence-corrected chi connectivity index (χ4v) is 2.49. The number of aromatic nitrogens is 2. The molecule has 144 valence electrons. The Morgan fingerprint density at radius 1 is 0.964 bits per heavy atom. The highest BCUT2D eigenvalue weighted by molar-refractivity contribution is 6.03. The number of hydrogen-bond donors (Lipinski definition) is 2. The number of carbonyl (C=O) groups is 1. The van der Waals surface area contributed by atoms with Crippen molar-refractivity contribution in [1.82, 2.24) is 10.2 Å². The van der Waals surface area contributed by atoms with E-state index in [4.69, 9.17) is 9.47 Å². The molecule has 1 aromatic heterocycles. The van der Waals surface area contributed by atoms with Gasteiger partial charge in [-0.2, -0.15) is 0 Å². The van der Waals surface area contributed by atoms with Gasteiger partial charge in [0.25, 0.3) is 5.91 Å². The zero-order valence-electron chi connectivity index (χ0n) is 15.8. The third-order valence-electron chi connectivity index (χ3n) is 3.92. The summed E-state index contributed by atoms with van der Waals surface area (Å²) in [6, 6.07) is 18.2. The minimum atomic E-state index is -0.216. The van der Waals surface area contributed by atoms with Gasteiger partial charge in [-0.1, -0.05) is 17.7 Å². The first kappa shape index (κ1) is 19.2. The molecule has 28 heavy (non-hydrogen) atoms. The quantitative estimate of drug-likeness (QED) is 0.583. The van der Waals surface area contributed by atoms with Crippen LogP contribution in [0.3, 0.4) is 0 Å². The van der Waals surface area contributed by atoms with Crippen LogP contribution in [-0.2, 0) is 0 Å². The molecule has 0 unspecified atom stereocenters. The van der Waals surface area contributed by atoms with Gasteiger partial charge < -0.3 is 20.1 Å². The van der Waals surface area contributed by atoms with E-state index in [-0.39, 0.29) is 5.91 Å². The van der Waals surface area contributed by atoms with Crippen LogP contribution in [0.2, 0.25) is 0 Å². The Labute approximate surface area is 163 Å². The van der Waals surface area contributed by atoms with Crippen LogP contribution in [0.5, 0.6) is 11.5 Å². The predicted octanol–water partition coefficient (Wildman–Crippen LogP) is 3.54. The number of amides is 1. The lowest BCUT2D eigenvalue weighted by Crippen LogP contribution is -2.15. The summed E-state index contributed by atoms with van der Waals surface area (Å²) in [5, 5.41) is 13.9. The Hall–Kier alpha value is -3.61. The van der Waals surface area contributed by atoms with Gasteiger partial charge in [0, 0.05) is 5.56 Å². The lowest BCUT2D eigenvalue weighted by Gasteiger charge is -2.09. The standard InChI is InChI=1S/C21H22N4O3/c1-15-4-3-5-16(14-15)21(26)23-20-11-10-19(24-25-20)22-12-13-28-18-8-6-17(27-2)7-9-18/h3-11,14H,12-13H2,1-2H3,(H,22,24)(H,23,25,26). The average Bonchev–Trinajstić information content (AvgIpc) is 2.73. The van der Waals surface area contributed by atoms with E-state index in [1.165, 1.54) is 0 Å². The van der Waals surface area contributed by atoms with Crippen molar-refractivity contribution < 1.29 is 14.3 Å². The smallest absolute Gasteiger partial charge is 0.256 e. The zero-order valence-corrected chi connectivity index (χ0v) is 15.8. The van der Waals surface area contributed by atoms with Gasteiger partial charge in [-0.3, -0.25) is 4.79 Å². The summed E-state index contributed by atoms with van der Waals surface area (Å²) in [7, 11) is 1.63. The first-order chi connectivity index (χ1) is 13.6. The molecule has 7 nitrogen and oxygen atoms in total. The second kappa shape index (κ2) is 9.36. The number of ether oxygens (including phenoxy) is 2. The summed E-state index contributed by atoms with van der Waals surface area (Å²) in [4.78, 5) is 12.2. The minimum absolute atomic E-state index is 0.216. The number of aryl methyl sites for hydroxylation is 1. The number of hydrogen-bond acceptors (Lipinski definition) is 6. The fraction of sp³-hybridized carbons (Fsp3) is 0.190. The molecule has 0 aliphatic rings. The summed E-state index contributed by atoms with van der Waals surface area (Å²) in [5.74, 6) is 2.34. The molecule has 3 rings (SSSR count). The van der Waals surface area contributed by atoms with Crippen molar-refractivity contribution in [3.05, 3.63) is 71.8 Å². The van der Waals surface area contributed by atoms with Crippen molar-refractivity contribution in [3.8, 4) is 11.5 Å². The third-order valence-corrected chi connectivity index (χ3v) is 3.92. The maximum absolute atomic E-state index is 12.2. The van der Waals surface area contributed by atoms with E-state index in [0.717, 1.165) is 17.1 Å². The van der Waals surface area contributed by atoms with Crippen LogP contribution in [-0.4, -0.2) is 36.4 Å². The first-order valence-corrected chi connectivity index (χ1v) is 8.86. The summed E-state index contributed by atoms with van der Waals surface area (Å²) >= 11 is 0. The molecule has 1 heterocycles. The van der Waals surface area contributed by atoms with Crippen molar-refractivity contribution in [2.75, 3.05) is 30.9 Å². The van der Waals surface area contributed by atoms with Crippen molar-refractivity contribution in [2.24, 2.45) is 0 Å². The molecule has 0 saturated carbocycles. The normalized spacial score (nSPS) is 10.2. The van der Waals surface area contributed by atoms with E-state index >= 15 is 0 Å². The van der Waals surface area contributed by atoms with Crippen LogP contribution in [0.15, 0.2) is 60.7 Å². The molecular weight excluding hydrogens is 356 g/mol. The predicted molar refractivity (Wildman–Crippen MR) is 108 cm³/mol. The maximum atomic E-state index is 12.2. The van der Waals surface area contributed by atoms with Gasteiger partial charge in [0.05, 0.1) is 13.7 Å². The summed E-state index contributed by atoms with van der Waals surface area (Å²) in [6.45, 7) is 2.98. The Kier molecular flexibility index (Phi) is 6.41. The molecule has 0 bridgehead atoms. The van der Waals surface area contributed by atoms with Crippen LogP contribution in [0, 0.1) is 6.92 Å². The van der Waals surface area contributed by atoms with Gasteiger partial charge in [-0.25, -0.2) is 0 Å². The molecule has 0 fully saturated rings. The Balaban J connectivity index is 1.44. The molecule has 0 spiro atoms. The lowest BCUT2D eigenvalue weighted by atomic mass is 10.1. The number of nitrogens with one attached hydrogen (secondary N) is 2. The van der Waals surface area contributed by atoms with E-state index in [1.54, 1.807) is 25.3 Å². The molecule has 2 N–H and O–H groups in total. The summed E-state index contributed by atoms with van der Waals surface area (Å²) < 4.78 is 10.7. The molecule has 0 aliphatic carbocycles. The molecule has 0 aliphatic heterocycles. The molecule has 1 amide bonds. The van der Waals surface area contributed by atoms with Crippen molar-refractivity contribution in [2.45, 2.75) is 6.92 Å². The largest absolute Gasteiger partial charge is 0.497 e. The minimum Gasteiger partial charge on any atom is -0.497 e. The number of methoxy groups -OCH3 is 1. The number of benzene rings is 2. The second-order valence-corrected chi connectivity index (χ2v) is 6.08. The van der Waals surface area contributed by atoms with E-state index in [2.05, 4.69) is 20.8 Å². The van der Waals surface area contributed by atoms with Gasteiger partial charge >= 0.3 is 0 Å². The van der Waals surface area contributed by atoms with Crippen LogP contribution in [0.4, 0.5) is 11.6 Å². The van der Waals surface area contributed by atoms with E-state index in [9.17, 15) is 4.79 Å². The van der Waals surface area contributed by atoms with E-state index < -0.39 is 0 Å². The first-order valence-electron chi connectivity index (χ1n) is 8.86. The van der Waals surface area contributed by atoms with Crippen molar-refractivity contribution in [1.29, 1.82) is 0 Å². The molecule has 0 radical (unpaired) electrons. The van der Waals surface area contributed by atoms with Gasteiger partial charge in [0.1, 0.15) is 23.9 Å². The zero-order chi connectivity index (χ0) is 19.8. The highest BCUT2D eigenvalue weighted by Crippen LogP contribution is 2.17. The second-order valence-electron chi connectivity index (χ2n) is 6.08.